The van der Waals surface area contributed by atoms with Crippen molar-refractivity contribution in [2.45, 2.75) is 57.0 Å². The van der Waals surface area contributed by atoms with Crippen molar-refractivity contribution in [3.63, 3.8) is 0 Å². The van der Waals surface area contributed by atoms with E-state index in [0.717, 1.165) is 12.1 Å². The topological polar surface area (TPSA) is 178 Å². The van der Waals surface area contributed by atoms with Crippen LogP contribution in [0.1, 0.15) is 44.9 Å². The third kappa shape index (κ3) is 6.47. The molecule has 0 saturated carbocycles. The lowest BCUT2D eigenvalue weighted by Gasteiger charge is -2.43. The number of hydrazine groups is 2. The summed E-state index contributed by atoms with van der Waals surface area (Å²) in [6.07, 6.45) is 1.13. The molecule has 0 aromatic carbocycles. The van der Waals surface area contributed by atoms with E-state index in [1.54, 1.807) is 0 Å². The summed E-state index contributed by atoms with van der Waals surface area (Å²) in [6, 6.07) is -2.08. The van der Waals surface area contributed by atoms with E-state index in [4.69, 9.17) is 17.3 Å². The first-order valence-electron chi connectivity index (χ1n) is 11.4. The Bertz CT molecular complexity index is 1000. The number of hydrogen-bond donors (Lipinski definition) is 4. The average Bonchev–Trinajstić information content (AvgIpc) is 2.96. The van der Waals surface area contributed by atoms with Crippen LogP contribution >= 0.6 is 12.2 Å². The standard InChI is InChI=1S/C21H28N6O8S/c1-35-21(34)23-14-5-6-16(29)26-8-2-3-15(27(26)19(14)33)18(32)24-25-11-12(10-22-20(25)36)9-13(28)4-7-17(30)31/h10,14-15H,2-9,11H2,1H3,(H,22,36)(H,23,34)(H,24,32)(H,30,31). The van der Waals surface area contributed by atoms with Crippen LogP contribution in [0, 0.1) is 0 Å². The van der Waals surface area contributed by atoms with Crippen LogP contribution in [0.3, 0.4) is 0 Å². The number of nitrogens with zero attached hydrogens (tertiary/aromatic N) is 3. The Labute approximate surface area is 211 Å². The van der Waals surface area contributed by atoms with Crippen LogP contribution in [0.25, 0.3) is 0 Å². The number of amides is 4. The minimum atomic E-state index is -1.07. The number of rotatable bonds is 8. The Hall–Kier alpha value is -3.75. The van der Waals surface area contributed by atoms with Gasteiger partial charge in [-0.3, -0.25) is 39.4 Å². The quantitative estimate of drug-likeness (QED) is 0.291. The van der Waals surface area contributed by atoms with E-state index in [1.165, 1.54) is 16.2 Å². The zero-order valence-electron chi connectivity index (χ0n) is 19.7. The SMILES string of the molecule is COC(=O)NC1CCC(=O)N2CCCC(C(=O)NN3CC(CC(=O)CCC(=O)O)=CNC3=S)N2C1=O. The van der Waals surface area contributed by atoms with Gasteiger partial charge in [-0.1, -0.05) is 0 Å². The number of fused-ring (bicyclic) bond motifs is 1. The molecule has 0 aromatic rings. The first kappa shape index (κ1) is 26.8. The van der Waals surface area contributed by atoms with Crippen molar-refractivity contribution in [3.8, 4) is 0 Å². The molecule has 0 aromatic heterocycles. The van der Waals surface area contributed by atoms with Crippen molar-refractivity contribution >= 4 is 52.9 Å². The summed E-state index contributed by atoms with van der Waals surface area (Å²) in [4.78, 5) is 73.7. The van der Waals surface area contributed by atoms with Crippen LogP contribution in [0.2, 0.25) is 0 Å². The summed E-state index contributed by atoms with van der Waals surface area (Å²) in [5, 5.41) is 17.8. The number of nitrogens with one attached hydrogen (secondary N) is 3. The molecule has 0 spiro atoms. The number of ether oxygens (including phenoxy) is 1. The maximum absolute atomic E-state index is 13.3. The molecule has 0 bridgehead atoms. The molecule has 2 fully saturated rings. The van der Waals surface area contributed by atoms with Crippen LogP contribution in [0.5, 0.6) is 0 Å². The highest BCUT2D eigenvalue weighted by molar-refractivity contribution is 7.80. The molecule has 2 saturated heterocycles. The van der Waals surface area contributed by atoms with Gasteiger partial charge in [0.05, 0.1) is 20.1 Å². The van der Waals surface area contributed by atoms with Crippen molar-refractivity contribution < 1.29 is 38.6 Å². The molecule has 3 aliphatic rings. The summed E-state index contributed by atoms with van der Waals surface area (Å²) in [7, 11) is 1.16. The number of alkyl carbamates (subject to hydrolysis) is 1. The fourth-order valence-electron chi connectivity index (χ4n) is 4.16. The molecule has 14 nitrogen and oxygen atoms in total. The van der Waals surface area contributed by atoms with Gasteiger partial charge in [0.25, 0.3) is 11.8 Å². The largest absolute Gasteiger partial charge is 0.481 e. The second-order valence-electron chi connectivity index (χ2n) is 8.51. The van der Waals surface area contributed by atoms with Gasteiger partial charge in [-0.15, -0.1) is 0 Å². The van der Waals surface area contributed by atoms with Crippen LogP contribution in [-0.4, -0.2) is 93.1 Å². The summed E-state index contributed by atoms with van der Waals surface area (Å²) in [6.45, 7) is 0.334. The van der Waals surface area contributed by atoms with Gasteiger partial charge in [-0.2, -0.15) is 0 Å². The number of carboxylic acids is 1. The van der Waals surface area contributed by atoms with Crippen molar-refractivity contribution in [2.24, 2.45) is 0 Å². The average molecular weight is 525 g/mol. The third-order valence-electron chi connectivity index (χ3n) is 5.93. The van der Waals surface area contributed by atoms with Gasteiger partial charge in [-0.05, 0) is 37.1 Å². The second-order valence-corrected chi connectivity index (χ2v) is 8.90. The molecule has 4 amide bonds. The zero-order valence-corrected chi connectivity index (χ0v) is 20.5. The van der Waals surface area contributed by atoms with Gasteiger partial charge in [0.1, 0.15) is 17.9 Å². The van der Waals surface area contributed by atoms with Gasteiger partial charge in [0.15, 0.2) is 5.11 Å². The smallest absolute Gasteiger partial charge is 0.407 e. The molecule has 196 valence electrons. The maximum atomic E-state index is 13.3. The number of aliphatic carboxylic acids is 1. The molecule has 15 heteroatoms. The maximum Gasteiger partial charge on any atom is 0.407 e. The van der Waals surface area contributed by atoms with Gasteiger partial charge < -0.3 is 20.5 Å². The summed E-state index contributed by atoms with van der Waals surface area (Å²) < 4.78 is 4.57. The van der Waals surface area contributed by atoms with E-state index in [1.807, 2.05) is 0 Å². The minimum absolute atomic E-state index is 0.00936. The van der Waals surface area contributed by atoms with Crippen molar-refractivity contribution in [3.05, 3.63) is 11.8 Å². The van der Waals surface area contributed by atoms with Crippen LogP contribution in [-0.2, 0) is 28.7 Å². The highest BCUT2D eigenvalue weighted by atomic mass is 32.1. The van der Waals surface area contributed by atoms with Crippen LogP contribution < -0.4 is 16.1 Å². The van der Waals surface area contributed by atoms with E-state index in [2.05, 4.69) is 20.8 Å². The number of ketones is 1. The van der Waals surface area contributed by atoms with Gasteiger partial charge in [-0.25, -0.2) is 9.80 Å². The Morgan fingerprint density at radius 1 is 1.22 bits per heavy atom. The van der Waals surface area contributed by atoms with E-state index < -0.39 is 36.0 Å². The molecule has 0 aliphatic carbocycles. The third-order valence-corrected chi connectivity index (χ3v) is 6.27. The number of thiocarbonyl (C=S) groups is 1. The minimum Gasteiger partial charge on any atom is -0.481 e. The first-order chi connectivity index (χ1) is 17.1. The van der Waals surface area contributed by atoms with Crippen LogP contribution in [0.15, 0.2) is 11.8 Å². The molecule has 36 heavy (non-hydrogen) atoms. The molecule has 3 aliphatic heterocycles. The molecule has 3 rings (SSSR count). The van der Waals surface area contributed by atoms with E-state index in [0.29, 0.717) is 12.0 Å². The number of carboxylic acid groups (broad SMARTS) is 1. The highest BCUT2D eigenvalue weighted by Crippen LogP contribution is 2.25. The predicted octanol–water partition coefficient (Wildman–Crippen LogP) is -0.831. The Kier molecular flexibility index (Phi) is 8.79. The van der Waals surface area contributed by atoms with Crippen molar-refractivity contribution in [1.29, 1.82) is 0 Å². The fourth-order valence-corrected chi connectivity index (χ4v) is 4.33. The molecule has 2 atom stereocenters. The number of hydrogen-bond acceptors (Lipinski definition) is 8. The first-order valence-corrected chi connectivity index (χ1v) is 11.8. The Balaban J connectivity index is 1.70. The highest BCUT2D eigenvalue weighted by Gasteiger charge is 2.45. The summed E-state index contributed by atoms with van der Waals surface area (Å²) in [5.74, 6) is -2.88. The molecular weight excluding hydrogens is 496 g/mol. The lowest BCUT2D eigenvalue weighted by Crippen LogP contribution is -2.65. The predicted molar refractivity (Wildman–Crippen MR) is 125 cm³/mol. The zero-order chi connectivity index (χ0) is 26.4. The van der Waals surface area contributed by atoms with Gasteiger partial charge in [0, 0.05) is 32.0 Å². The van der Waals surface area contributed by atoms with Gasteiger partial charge >= 0.3 is 12.1 Å². The number of carbonyl (C=O) groups is 6. The number of methoxy groups -OCH3 is 1. The van der Waals surface area contributed by atoms with Crippen LogP contribution in [0.4, 0.5) is 4.79 Å². The molecule has 4 N–H and O–H groups in total. The van der Waals surface area contributed by atoms with E-state index >= 15 is 0 Å². The van der Waals surface area contributed by atoms with Crippen molar-refractivity contribution in [2.75, 3.05) is 20.2 Å². The molecular formula is C21H28N6O8S. The molecule has 3 heterocycles. The van der Waals surface area contributed by atoms with E-state index in [9.17, 15) is 28.8 Å². The fraction of sp³-hybridized carbons (Fsp3) is 0.571. The second kappa shape index (κ2) is 11.8. The lowest BCUT2D eigenvalue weighted by molar-refractivity contribution is -0.176. The normalized spacial score (nSPS) is 22.1. The summed E-state index contributed by atoms with van der Waals surface area (Å²) >= 11 is 5.24. The van der Waals surface area contributed by atoms with E-state index in [-0.39, 0.29) is 68.4 Å². The Morgan fingerprint density at radius 2 is 1.97 bits per heavy atom. The monoisotopic (exact) mass is 524 g/mol. The number of Topliss-reactive ketones (excluding diaryl/α,β-unsaturated/α-hetero) is 1. The van der Waals surface area contributed by atoms with Gasteiger partial charge in [0.2, 0.25) is 5.91 Å². The number of carbonyl (C=O) groups excluding carboxylic acids is 5. The summed E-state index contributed by atoms with van der Waals surface area (Å²) in [5.41, 5.74) is 3.22. The van der Waals surface area contributed by atoms with Crippen molar-refractivity contribution in [1.82, 2.24) is 31.1 Å². The molecule has 2 unspecified atom stereocenters. The lowest BCUT2D eigenvalue weighted by atomic mass is 10.1. The Morgan fingerprint density at radius 3 is 2.67 bits per heavy atom. The molecule has 0 radical (unpaired) electrons.